The molecule has 0 saturated heterocycles. The predicted octanol–water partition coefficient (Wildman–Crippen LogP) is 3.05. The summed E-state index contributed by atoms with van der Waals surface area (Å²) < 4.78 is 38.6. The van der Waals surface area contributed by atoms with E-state index in [0.29, 0.717) is 11.0 Å². The summed E-state index contributed by atoms with van der Waals surface area (Å²) in [5.41, 5.74) is 0. The molecule has 0 saturated carbocycles. The molecule has 2 nitrogen and oxygen atoms in total. The van der Waals surface area contributed by atoms with Crippen molar-refractivity contribution in [2.45, 2.75) is 9.92 Å². The molecule has 0 aliphatic carbocycles. The zero-order valence-corrected chi connectivity index (χ0v) is 8.64. The van der Waals surface area contributed by atoms with Gasteiger partial charge in [0, 0.05) is 23.4 Å². The summed E-state index contributed by atoms with van der Waals surface area (Å²) in [4.78, 5) is 7.62. The van der Waals surface area contributed by atoms with Crippen molar-refractivity contribution in [1.29, 1.82) is 0 Å². The minimum absolute atomic E-state index is 0.204. The minimum atomic E-state index is -1.31. The summed E-state index contributed by atoms with van der Waals surface area (Å²) >= 11 is 0.904. The first-order chi connectivity index (χ1) is 7.66. The molecule has 0 aliphatic heterocycles. The van der Waals surface area contributed by atoms with Crippen LogP contribution in [0.15, 0.2) is 40.5 Å². The van der Waals surface area contributed by atoms with Gasteiger partial charge in [0.15, 0.2) is 11.6 Å². The molecule has 16 heavy (non-hydrogen) atoms. The third-order valence-corrected chi connectivity index (χ3v) is 2.71. The highest BCUT2D eigenvalue weighted by molar-refractivity contribution is 7.99. The van der Waals surface area contributed by atoms with Crippen LogP contribution in [0.3, 0.4) is 0 Å². The van der Waals surface area contributed by atoms with E-state index in [2.05, 4.69) is 9.97 Å². The number of halogens is 3. The third-order valence-electron chi connectivity index (χ3n) is 1.72. The van der Waals surface area contributed by atoms with E-state index >= 15 is 0 Å². The maximum atomic E-state index is 13.2. The van der Waals surface area contributed by atoms with Crippen molar-refractivity contribution in [1.82, 2.24) is 9.97 Å². The first-order valence-electron chi connectivity index (χ1n) is 4.26. The van der Waals surface area contributed by atoms with Crippen LogP contribution in [0.1, 0.15) is 0 Å². The number of rotatable bonds is 2. The molecule has 0 spiro atoms. The van der Waals surface area contributed by atoms with Gasteiger partial charge in [-0.3, -0.25) is 4.98 Å². The molecule has 2 rings (SSSR count). The largest absolute Gasteiger partial charge is 0.265 e. The monoisotopic (exact) mass is 242 g/mol. The molecule has 0 fully saturated rings. The fourth-order valence-electron chi connectivity index (χ4n) is 1.02. The summed E-state index contributed by atoms with van der Waals surface area (Å²) in [5.74, 6) is -3.49. The standard InChI is InChI=1S/C10H5F3N2S/c11-7-5-8(12)10(15-9(7)13)16-6-1-3-14-4-2-6/h1-5H. The van der Waals surface area contributed by atoms with E-state index in [4.69, 9.17) is 0 Å². The summed E-state index contributed by atoms with van der Waals surface area (Å²) in [7, 11) is 0. The summed E-state index contributed by atoms with van der Waals surface area (Å²) in [6.45, 7) is 0. The Hall–Kier alpha value is -1.56. The minimum Gasteiger partial charge on any atom is -0.265 e. The molecule has 0 aliphatic rings. The predicted molar refractivity (Wildman–Crippen MR) is 52.5 cm³/mol. The van der Waals surface area contributed by atoms with Gasteiger partial charge in [-0.15, -0.1) is 0 Å². The SMILES string of the molecule is Fc1cc(F)c(Sc2ccncc2)nc1F. The van der Waals surface area contributed by atoms with Gasteiger partial charge >= 0.3 is 0 Å². The number of nitrogens with zero attached hydrogens (tertiary/aromatic N) is 2. The average molecular weight is 242 g/mol. The fraction of sp³-hybridized carbons (Fsp3) is 0. The van der Waals surface area contributed by atoms with Gasteiger partial charge in [-0.2, -0.15) is 4.39 Å². The van der Waals surface area contributed by atoms with Crippen molar-refractivity contribution in [3.63, 3.8) is 0 Å². The second-order valence-electron chi connectivity index (χ2n) is 2.83. The third kappa shape index (κ3) is 2.33. The molecule has 82 valence electrons. The maximum Gasteiger partial charge on any atom is 0.250 e. The molecular weight excluding hydrogens is 237 g/mol. The lowest BCUT2D eigenvalue weighted by molar-refractivity contribution is 0.448. The molecule has 2 heterocycles. The number of pyridine rings is 2. The summed E-state index contributed by atoms with van der Waals surface area (Å²) in [6, 6.07) is 3.71. The lowest BCUT2D eigenvalue weighted by Crippen LogP contribution is -1.95. The van der Waals surface area contributed by atoms with Gasteiger partial charge in [0.05, 0.1) is 0 Å². The Kier molecular flexibility index (Phi) is 3.09. The summed E-state index contributed by atoms with van der Waals surface area (Å²) in [5, 5.41) is -0.204. The lowest BCUT2D eigenvalue weighted by atomic mass is 10.4. The second-order valence-corrected chi connectivity index (χ2v) is 3.90. The van der Waals surface area contributed by atoms with Crippen LogP contribution in [-0.4, -0.2) is 9.97 Å². The van der Waals surface area contributed by atoms with E-state index in [0.717, 1.165) is 11.8 Å². The molecule has 6 heteroatoms. The molecule has 0 aromatic carbocycles. The Morgan fingerprint density at radius 3 is 2.38 bits per heavy atom. The average Bonchev–Trinajstić information content (AvgIpc) is 2.27. The number of aromatic nitrogens is 2. The number of hydrogen-bond donors (Lipinski definition) is 0. The van der Waals surface area contributed by atoms with E-state index in [1.807, 2.05) is 0 Å². The van der Waals surface area contributed by atoms with Crippen molar-refractivity contribution in [3.05, 3.63) is 48.2 Å². The molecule has 0 unspecified atom stereocenters. The fourth-order valence-corrected chi connectivity index (χ4v) is 1.78. The van der Waals surface area contributed by atoms with Gasteiger partial charge in [-0.25, -0.2) is 13.8 Å². The zero-order chi connectivity index (χ0) is 11.5. The van der Waals surface area contributed by atoms with Gasteiger partial charge in [0.25, 0.3) is 0 Å². The second kappa shape index (κ2) is 4.52. The molecule has 0 radical (unpaired) electrons. The van der Waals surface area contributed by atoms with Crippen LogP contribution in [0.2, 0.25) is 0 Å². The van der Waals surface area contributed by atoms with Crippen molar-refractivity contribution in [3.8, 4) is 0 Å². The van der Waals surface area contributed by atoms with Crippen molar-refractivity contribution in [2.24, 2.45) is 0 Å². The Morgan fingerprint density at radius 1 is 1.00 bits per heavy atom. The van der Waals surface area contributed by atoms with Crippen LogP contribution in [0, 0.1) is 17.6 Å². The first-order valence-corrected chi connectivity index (χ1v) is 5.08. The highest BCUT2D eigenvalue weighted by Crippen LogP contribution is 2.28. The summed E-state index contributed by atoms with van der Waals surface area (Å²) in [6.07, 6.45) is 3.03. The topological polar surface area (TPSA) is 25.8 Å². The van der Waals surface area contributed by atoms with Crippen LogP contribution < -0.4 is 0 Å². The molecular formula is C10H5F3N2S. The number of hydrogen-bond acceptors (Lipinski definition) is 3. The van der Waals surface area contributed by atoms with Gasteiger partial charge in [-0.1, -0.05) is 11.8 Å². The zero-order valence-electron chi connectivity index (χ0n) is 7.82. The van der Waals surface area contributed by atoms with Gasteiger partial charge in [0.1, 0.15) is 5.03 Å². The smallest absolute Gasteiger partial charge is 0.250 e. The van der Waals surface area contributed by atoms with Crippen LogP contribution in [0.25, 0.3) is 0 Å². The van der Waals surface area contributed by atoms with Gasteiger partial charge < -0.3 is 0 Å². The first kappa shape index (κ1) is 10.9. The van der Waals surface area contributed by atoms with Crippen LogP contribution in [-0.2, 0) is 0 Å². The van der Waals surface area contributed by atoms with Crippen molar-refractivity contribution < 1.29 is 13.2 Å². The Balaban J connectivity index is 2.32. The molecule has 0 bridgehead atoms. The van der Waals surface area contributed by atoms with E-state index < -0.39 is 17.6 Å². The van der Waals surface area contributed by atoms with E-state index in [9.17, 15) is 13.2 Å². The molecule has 2 aromatic heterocycles. The highest BCUT2D eigenvalue weighted by atomic mass is 32.2. The Morgan fingerprint density at radius 2 is 1.69 bits per heavy atom. The quantitative estimate of drug-likeness (QED) is 0.757. The van der Waals surface area contributed by atoms with E-state index in [-0.39, 0.29) is 5.03 Å². The van der Waals surface area contributed by atoms with Gasteiger partial charge in [0.2, 0.25) is 5.95 Å². The van der Waals surface area contributed by atoms with Crippen molar-refractivity contribution in [2.75, 3.05) is 0 Å². The normalized spacial score (nSPS) is 10.4. The van der Waals surface area contributed by atoms with E-state index in [1.165, 1.54) is 12.4 Å². The lowest BCUT2D eigenvalue weighted by Gasteiger charge is -2.02. The molecule has 0 amide bonds. The van der Waals surface area contributed by atoms with Crippen LogP contribution in [0.5, 0.6) is 0 Å². The van der Waals surface area contributed by atoms with Crippen LogP contribution in [0.4, 0.5) is 13.2 Å². The highest BCUT2D eigenvalue weighted by Gasteiger charge is 2.12. The van der Waals surface area contributed by atoms with E-state index in [1.54, 1.807) is 12.1 Å². The van der Waals surface area contributed by atoms with Crippen LogP contribution >= 0.6 is 11.8 Å². The maximum absolute atomic E-state index is 13.2. The Labute approximate surface area is 93.5 Å². The molecule has 2 aromatic rings. The van der Waals surface area contributed by atoms with Crippen molar-refractivity contribution >= 4 is 11.8 Å². The molecule has 0 atom stereocenters. The van der Waals surface area contributed by atoms with Gasteiger partial charge in [-0.05, 0) is 12.1 Å². The Bertz CT molecular complexity index is 505. The molecule has 0 N–H and O–H groups in total.